The Bertz CT molecular complexity index is 416. The Kier molecular flexibility index (Phi) is 5.30. The smallest absolute Gasteiger partial charge is 0.263 e. The summed E-state index contributed by atoms with van der Waals surface area (Å²) in [6.45, 7) is 3.51. The van der Waals surface area contributed by atoms with Crippen LogP contribution in [-0.2, 0) is 4.74 Å². The molecule has 1 fully saturated rings. The van der Waals surface area contributed by atoms with Gasteiger partial charge in [-0.15, -0.1) is 11.3 Å². The number of aromatic nitrogens is 1. The minimum atomic E-state index is -0.0912. The van der Waals surface area contributed by atoms with Crippen LogP contribution in [0, 0.1) is 5.92 Å². The summed E-state index contributed by atoms with van der Waals surface area (Å²) < 4.78 is 5.55. The van der Waals surface area contributed by atoms with Gasteiger partial charge in [-0.3, -0.25) is 4.79 Å². The lowest BCUT2D eigenvalue weighted by atomic mass is 10.1. The van der Waals surface area contributed by atoms with E-state index >= 15 is 0 Å². The fraction of sp³-hybridized carbons (Fsp3) is 0.692. The van der Waals surface area contributed by atoms with Crippen molar-refractivity contribution in [2.45, 2.75) is 32.3 Å². The van der Waals surface area contributed by atoms with Crippen molar-refractivity contribution in [2.24, 2.45) is 5.92 Å². The number of thiazole rings is 1. The molecular formula is C13H20N2O3S. The third kappa shape index (κ3) is 3.99. The molecule has 2 unspecified atom stereocenters. The van der Waals surface area contributed by atoms with E-state index in [1.807, 2.05) is 6.92 Å². The van der Waals surface area contributed by atoms with Crippen molar-refractivity contribution in [3.05, 3.63) is 16.1 Å². The van der Waals surface area contributed by atoms with Crippen molar-refractivity contribution in [3.8, 4) is 0 Å². The summed E-state index contributed by atoms with van der Waals surface area (Å²) >= 11 is 1.41. The predicted molar refractivity (Wildman–Crippen MR) is 73.2 cm³/mol. The summed E-state index contributed by atoms with van der Waals surface area (Å²) in [6, 6.07) is 0. The van der Waals surface area contributed by atoms with Crippen LogP contribution in [0.25, 0.3) is 0 Å². The highest BCUT2D eigenvalue weighted by Crippen LogP contribution is 2.31. The zero-order chi connectivity index (χ0) is 13.7. The number of carbonyl (C=O) groups is 1. The highest BCUT2D eigenvalue weighted by molar-refractivity contribution is 7.13. The fourth-order valence-electron chi connectivity index (χ4n) is 1.99. The molecule has 2 N–H and O–H groups in total. The van der Waals surface area contributed by atoms with Crippen molar-refractivity contribution in [3.63, 3.8) is 0 Å². The molecule has 0 aromatic carbocycles. The van der Waals surface area contributed by atoms with E-state index in [4.69, 9.17) is 9.84 Å². The third-order valence-electron chi connectivity index (χ3n) is 3.19. The van der Waals surface area contributed by atoms with Gasteiger partial charge in [0.1, 0.15) is 16.0 Å². The van der Waals surface area contributed by atoms with E-state index in [1.165, 1.54) is 11.3 Å². The second-order valence-corrected chi connectivity index (χ2v) is 5.95. The van der Waals surface area contributed by atoms with Gasteiger partial charge in [-0.05, 0) is 25.2 Å². The molecule has 2 atom stereocenters. The molecule has 2 heterocycles. The number of rotatable bonds is 6. The van der Waals surface area contributed by atoms with Crippen LogP contribution >= 0.6 is 11.3 Å². The van der Waals surface area contributed by atoms with Crippen molar-refractivity contribution >= 4 is 17.2 Å². The molecular weight excluding hydrogens is 264 g/mol. The highest BCUT2D eigenvalue weighted by Gasteiger charge is 2.22. The summed E-state index contributed by atoms with van der Waals surface area (Å²) in [6.07, 6.45) is 4.43. The van der Waals surface area contributed by atoms with Crippen LogP contribution in [0.15, 0.2) is 6.20 Å². The molecule has 106 valence electrons. The maximum atomic E-state index is 11.9. The molecule has 0 aliphatic carbocycles. The number of ether oxygens (including phenoxy) is 1. The molecule has 1 aromatic heterocycles. The minimum absolute atomic E-state index is 0.0693. The first-order valence-corrected chi connectivity index (χ1v) is 7.48. The molecule has 2 rings (SSSR count). The summed E-state index contributed by atoms with van der Waals surface area (Å²) in [7, 11) is 0. The Morgan fingerprint density at radius 2 is 2.58 bits per heavy atom. The van der Waals surface area contributed by atoms with Crippen molar-refractivity contribution in [1.29, 1.82) is 0 Å². The zero-order valence-electron chi connectivity index (χ0n) is 11.1. The van der Waals surface area contributed by atoms with Gasteiger partial charge in [0.15, 0.2) is 0 Å². The van der Waals surface area contributed by atoms with Gasteiger partial charge in [0.2, 0.25) is 0 Å². The highest BCUT2D eigenvalue weighted by atomic mass is 32.1. The number of amides is 1. The number of nitrogens with one attached hydrogen (secondary N) is 1. The first-order valence-electron chi connectivity index (χ1n) is 6.67. The minimum Gasteiger partial charge on any atom is -0.396 e. The molecule has 1 aliphatic rings. The van der Waals surface area contributed by atoms with Gasteiger partial charge in [-0.1, -0.05) is 6.92 Å². The fourth-order valence-corrected chi connectivity index (χ4v) is 2.91. The molecule has 0 saturated carbocycles. The maximum absolute atomic E-state index is 11.9. The van der Waals surface area contributed by atoms with Crippen molar-refractivity contribution in [1.82, 2.24) is 10.3 Å². The summed E-state index contributed by atoms with van der Waals surface area (Å²) in [5, 5.41) is 12.6. The number of nitrogens with zero attached hydrogens (tertiary/aromatic N) is 1. The predicted octanol–water partition coefficient (Wildman–Crippen LogP) is 1.74. The Balaban J connectivity index is 1.85. The van der Waals surface area contributed by atoms with Crippen LogP contribution in [0.1, 0.15) is 47.0 Å². The molecule has 0 spiro atoms. The quantitative estimate of drug-likeness (QED) is 0.834. The molecule has 5 nitrogen and oxygen atoms in total. The summed E-state index contributed by atoms with van der Waals surface area (Å²) in [4.78, 5) is 16.8. The van der Waals surface area contributed by atoms with E-state index in [0.29, 0.717) is 17.8 Å². The molecule has 1 amide bonds. The van der Waals surface area contributed by atoms with E-state index in [-0.39, 0.29) is 24.5 Å². The lowest BCUT2D eigenvalue weighted by Crippen LogP contribution is -2.28. The first kappa shape index (κ1) is 14.4. The Hall–Kier alpha value is -0.980. The number of aliphatic hydroxyl groups excluding tert-OH is 1. The average molecular weight is 284 g/mol. The van der Waals surface area contributed by atoms with Crippen molar-refractivity contribution in [2.75, 3.05) is 19.8 Å². The zero-order valence-corrected chi connectivity index (χ0v) is 11.9. The Labute approximate surface area is 117 Å². The largest absolute Gasteiger partial charge is 0.396 e. The third-order valence-corrected chi connectivity index (χ3v) is 4.27. The summed E-state index contributed by atoms with van der Waals surface area (Å²) in [5.41, 5.74) is 0. The number of hydrogen-bond donors (Lipinski definition) is 2. The van der Waals surface area contributed by atoms with E-state index in [9.17, 15) is 4.79 Å². The van der Waals surface area contributed by atoms with E-state index in [0.717, 1.165) is 24.5 Å². The van der Waals surface area contributed by atoms with E-state index < -0.39 is 0 Å². The number of hydrogen-bond acceptors (Lipinski definition) is 5. The Morgan fingerprint density at radius 3 is 3.26 bits per heavy atom. The van der Waals surface area contributed by atoms with Crippen LogP contribution in [0.3, 0.4) is 0 Å². The van der Waals surface area contributed by atoms with Gasteiger partial charge < -0.3 is 15.2 Å². The van der Waals surface area contributed by atoms with Gasteiger partial charge in [0.05, 0.1) is 6.20 Å². The van der Waals surface area contributed by atoms with Gasteiger partial charge in [-0.25, -0.2) is 4.98 Å². The normalized spacial score (nSPS) is 20.4. The van der Waals surface area contributed by atoms with Crippen LogP contribution < -0.4 is 5.32 Å². The van der Waals surface area contributed by atoms with E-state index in [2.05, 4.69) is 10.3 Å². The summed E-state index contributed by atoms with van der Waals surface area (Å²) in [5.74, 6) is 0.186. The second-order valence-electron chi connectivity index (χ2n) is 4.89. The SMILES string of the molecule is CC(CCO)CNC(=O)c1cnc(C2CCCO2)s1. The standard InChI is InChI=1S/C13H20N2O3S/c1-9(4-5-16)7-14-12(17)11-8-15-13(19-11)10-3-2-6-18-10/h8-10,16H,2-7H2,1H3,(H,14,17). The number of aliphatic hydroxyl groups is 1. The van der Waals surface area contributed by atoms with Crippen LogP contribution in [0.2, 0.25) is 0 Å². The molecule has 1 aromatic rings. The molecule has 0 radical (unpaired) electrons. The average Bonchev–Trinajstić information content (AvgIpc) is 3.06. The number of carbonyl (C=O) groups excluding carboxylic acids is 1. The van der Waals surface area contributed by atoms with Gasteiger partial charge in [0, 0.05) is 19.8 Å². The topological polar surface area (TPSA) is 71.5 Å². The first-order chi connectivity index (χ1) is 9.20. The van der Waals surface area contributed by atoms with Gasteiger partial charge >= 0.3 is 0 Å². The van der Waals surface area contributed by atoms with Crippen molar-refractivity contribution < 1.29 is 14.6 Å². The van der Waals surface area contributed by atoms with Crippen LogP contribution in [-0.4, -0.2) is 35.8 Å². The van der Waals surface area contributed by atoms with Crippen LogP contribution in [0.5, 0.6) is 0 Å². The molecule has 19 heavy (non-hydrogen) atoms. The lowest BCUT2D eigenvalue weighted by Gasteiger charge is -2.10. The molecule has 0 bridgehead atoms. The van der Waals surface area contributed by atoms with Gasteiger partial charge in [-0.2, -0.15) is 0 Å². The molecule has 6 heteroatoms. The maximum Gasteiger partial charge on any atom is 0.263 e. The lowest BCUT2D eigenvalue weighted by molar-refractivity contribution is 0.0949. The van der Waals surface area contributed by atoms with E-state index in [1.54, 1.807) is 6.20 Å². The van der Waals surface area contributed by atoms with Gasteiger partial charge in [0.25, 0.3) is 5.91 Å². The molecule has 1 saturated heterocycles. The molecule has 1 aliphatic heterocycles. The second kappa shape index (κ2) is 6.98. The monoisotopic (exact) mass is 284 g/mol. The van der Waals surface area contributed by atoms with Crippen LogP contribution in [0.4, 0.5) is 0 Å². The Morgan fingerprint density at radius 1 is 1.74 bits per heavy atom.